The second-order valence-corrected chi connectivity index (χ2v) is 8.59. The highest BCUT2D eigenvalue weighted by Gasteiger charge is 2.02. The highest BCUT2D eigenvalue weighted by Crippen LogP contribution is 2.38. The molecule has 0 unspecified atom stereocenters. The summed E-state index contributed by atoms with van der Waals surface area (Å²) in [6.45, 7) is 0. The quantitative estimate of drug-likeness (QED) is 0.345. The van der Waals surface area contributed by atoms with Crippen molar-refractivity contribution < 1.29 is 10.2 Å². The number of benzene rings is 4. The molecular formula is C24H18O2S2. The van der Waals surface area contributed by atoms with E-state index in [1.54, 1.807) is 45.9 Å². The zero-order valence-electron chi connectivity index (χ0n) is 14.9. The summed E-state index contributed by atoms with van der Waals surface area (Å²) < 4.78 is 0. The molecule has 0 radical (unpaired) electrons. The Morgan fingerprint density at radius 3 is 0.893 bits per heavy atom. The van der Waals surface area contributed by atoms with Gasteiger partial charge in [0.05, 0.1) is 0 Å². The Labute approximate surface area is 172 Å². The maximum absolute atomic E-state index is 9.40. The van der Waals surface area contributed by atoms with E-state index in [-0.39, 0.29) is 11.5 Å². The fourth-order valence-corrected chi connectivity index (χ4v) is 4.74. The normalized spacial score (nSPS) is 10.7. The molecule has 0 saturated heterocycles. The molecule has 0 bridgehead atoms. The zero-order chi connectivity index (χ0) is 19.3. The number of hydrogen-bond donors (Lipinski definition) is 2. The Kier molecular flexibility index (Phi) is 5.60. The number of phenols is 2. The van der Waals surface area contributed by atoms with Gasteiger partial charge in [-0.15, -0.1) is 0 Å². The van der Waals surface area contributed by atoms with E-state index in [9.17, 15) is 10.2 Å². The van der Waals surface area contributed by atoms with Crippen molar-refractivity contribution in [2.45, 2.75) is 9.79 Å². The van der Waals surface area contributed by atoms with Crippen LogP contribution in [0.15, 0.2) is 107 Å². The Hall–Kier alpha value is -2.82. The van der Waals surface area contributed by atoms with E-state index < -0.39 is 0 Å². The SMILES string of the molecule is Oc1ccc(-c2ccc(SSc3ccc(-c4ccc(O)cc4)cc3)cc2)cc1. The molecule has 0 saturated carbocycles. The fourth-order valence-electron chi connectivity index (χ4n) is 2.81. The van der Waals surface area contributed by atoms with E-state index in [1.165, 1.54) is 9.79 Å². The smallest absolute Gasteiger partial charge is 0.115 e. The molecule has 0 heterocycles. The van der Waals surface area contributed by atoms with Gasteiger partial charge in [-0.2, -0.15) is 0 Å². The van der Waals surface area contributed by atoms with Crippen molar-refractivity contribution in [1.82, 2.24) is 0 Å². The monoisotopic (exact) mass is 402 g/mol. The lowest BCUT2D eigenvalue weighted by Gasteiger charge is -2.06. The molecular weight excluding hydrogens is 384 g/mol. The van der Waals surface area contributed by atoms with Crippen LogP contribution in [0, 0.1) is 0 Å². The molecule has 0 amide bonds. The fraction of sp³-hybridized carbons (Fsp3) is 0. The molecule has 2 nitrogen and oxygen atoms in total. The molecule has 0 spiro atoms. The summed E-state index contributed by atoms with van der Waals surface area (Å²) in [4.78, 5) is 2.38. The first kappa shape index (κ1) is 18.5. The zero-order valence-corrected chi connectivity index (χ0v) is 16.6. The van der Waals surface area contributed by atoms with Gasteiger partial charge in [0.2, 0.25) is 0 Å². The highest BCUT2D eigenvalue weighted by molar-refractivity contribution is 8.76. The molecule has 0 aliphatic heterocycles. The van der Waals surface area contributed by atoms with E-state index in [0.29, 0.717) is 0 Å². The molecule has 4 rings (SSSR count). The Morgan fingerprint density at radius 2 is 0.607 bits per heavy atom. The van der Waals surface area contributed by atoms with Gasteiger partial charge in [0.15, 0.2) is 0 Å². The lowest BCUT2D eigenvalue weighted by atomic mass is 10.1. The maximum atomic E-state index is 9.40. The minimum atomic E-state index is 0.281. The van der Waals surface area contributed by atoms with Gasteiger partial charge in [0.1, 0.15) is 11.5 Å². The summed E-state index contributed by atoms with van der Waals surface area (Å²) in [6.07, 6.45) is 0. The molecule has 2 N–H and O–H groups in total. The first-order valence-electron chi connectivity index (χ1n) is 8.81. The van der Waals surface area contributed by atoms with Crippen LogP contribution in [0.25, 0.3) is 22.3 Å². The molecule has 138 valence electrons. The third-order valence-corrected chi connectivity index (χ3v) is 6.76. The first-order chi connectivity index (χ1) is 13.7. The van der Waals surface area contributed by atoms with Gasteiger partial charge >= 0.3 is 0 Å². The van der Waals surface area contributed by atoms with Crippen LogP contribution in [0.1, 0.15) is 0 Å². The van der Waals surface area contributed by atoms with E-state index in [0.717, 1.165) is 22.3 Å². The predicted octanol–water partition coefficient (Wildman–Crippen LogP) is 7.23. The number of phenolic OH excluding ortho intramolecular Hbond substituents is 2. The summed E-state index contributed by atoms with van der Waals surface area (Å²) in [6, 6.07) is 31.4. The van der Waals surface area contributed by atoms with Crippen molar-refractivity contribution in [3.8, 4) is 33.8 Å². The summed E-state index contributed by atoms with van der Waals surface area (Å²) in [5.41, 5.74) is 4.44. The first-order valence-corrected chi connectivity index (χ1v) is 11.0. The van der Waals surface area contributed by atoms with E-state index in [1.807, 2.05) is 24.3 Å². The summed E-state index contributed by atoms with van der Waals surface area (Å²) in [5, 5.41) is 18.8. The largest absolute Gasteiger partial charge is 0.508 e. The number of aromatic hydroxyl groups is 2. The Balaban J connectivity index is 1.39. The standard InChI is InChI=1S/C24H18O2S2/c25-21-9-1-17(2-10-21)19-5-13-23(14-6-19)27-28-24-15-7-20(8-16-24)18-3-11-22(26)12-4-18/h1-16,25-26H. The van der Waals surface area contributed by atoms with Crippen LogP contribution in [0.3, 0.4) is 0 Å². The molecule has 0 aromatic heterocycles. The predicted molar refractivity (Wildman–Crippen MR) is 119 cm³/mol. The minimum Gasteiger partial charge on any atom is -0.508 e. The molecule has 0 fully saturated rings. The van der Waals surface area contributed by atoms with Crippen LogP contribution in [-0.4, -0.2) is 10.2 Å². The van der Waals surface area contributed by atoms with Crippen molar-refractivity contribution >= 4 is 21.6 Å². The number of hydrogen-bond acceptors (Lipinski definition) is 4. The van der Waals surface area contributed by atoms with Gasteiger partial charge in [-0.25, -0.2) is 0 Å². The second-order valence-electron chi connectivity index (χ2n) is 6.31. The van der Waals surface area contributed by atoms with Gasteiger partial charge in [0.25, 0.3) is 0 Å². The lowest BCUT2D eigenvalue weighted by molar-refractivity contribution is 0.475. The van der Waals surface area contributed by atoms with Gasteiger partial charge in [0, 0.05) is 9.79 Å². The summed E-state index contributed by atoms with van der Waals surface area (Å²) in [5.74, 6) is 0.563. The van der Waals surface area contributed by atoms with Gasteiger partial charge < -0.3 is 10.2 Å². The molecule has 4 aromatic carbocycles. The molecule has 0 aliphatic rings. The lowest BCUT2D eigenvalue weighted by Crippen LogP contribution is -1.78. The molecule has 4 aromatic rings. The molecule has 4 heteroatoms. The van der Waals surface area contributed by atoms with Crippen molar-refractivity contribution in [2.75, 3.05) is 0 Å². The van der Waals surface area contributed by atoms with Crippen molar-refractivity contribution in [2.24, 2.45) is 0 Å². The molecule has 0 aliphatic carbocycles. The van der Waals surface area contributed by atoms with Crippen LogP contribution in [0.4, 0.5) is 0 Å². The second kappa shape index (κ2) is 8.46. The summed E-state index contributed by atoms with van der Waals surface area (Å²) in [7, 11) is 3.45. The average molecular weight is 403 g/mol. The third-order valence-electron chi connectivity index (χ3n) is 4.34. The molecule has 0 atom stereocenters. The Morgan fingerprint density at radius 1 is 0.357 bits per heavy atom. The molecule has 28 heavy (non-hydrogen) atoms. The average Bonchev–Trinajstić information content (AvgIpc) is 2.74. The third kappa shape index (κ3) is 4.53. The van der Waals surface area contributed by atoms with E-state index in [4.69, 9.17) is 0 Å². The maximum Gasteiger partial charge on any atom is 0.115 e. The van der Waals surface area contributed by atoms with Crippen molar-refractivity contribution in [3.05, 3.63) is 97.1 Å². The van der Waals surface area contributed by atoms with Gasteiger partial charge in [-0.1, -0.05) is 70.1 Å². The van der Waals surface area contributed by atoms with Crippen molar-refractivity contribution in [1.29, 1.82) is 0 Å². The van der Waals surface area contributed by atoms with Gasteiger partial charge in [-0.3, -0.25) is 0 Å². The van der Waals surface area contributed by atoms with E-state index >= 15 is 0 Å². The topological polar surface area (TPSA) is 40.5 Å². The van der Waals surface area contributed by atoms with Crippen LogP contribution < -0.4 is 0 Å². The Bertz CT molecular complexity index is 951. The minimum absolute atomic E-state index is 0.281. The van der Waals surface area contributed by atoms with Gasteiger partial charge in [-0.05, 0) is 70.8 Å². The van der Waals surface area contributed by atoms with Crippen LogP contribution in [0.2, 0.25) is 0 Å². The van der Waals surface area contributed by atoms with Crippen LogP contribution in [-0.2, 0) is 0 Å². The highest BCUT2D eigenvalue weighted by atomic mass is 33.1. The van der Waals surface area contributed by atoms with Crippen LogP contribution in [0.5, 0.6) is 11.5 Å². The summed E-state index contributed by atoms with van der Waals surface area (Å²) >= 11 is 0. The number of rotatable bonds is 5. The van der Waals surface area contributed by atoms with Crippen LogP contribution >= 0.6 is 21.6 Å². The van der Waals surface area contributed by atoms with E-state index in [2.05, 4.69) is 48.5 Å². The van der Waals surface area contributed by atoms with Crippen molar-refractivity contribution in [3.63, 3.8) is 0 Å².